The van der Waals surface area contributed by atoms with Crippen molar-refractivity contribution in [1.29, 1.82) is 0 Å². The number of hydrogen-bond acceptors (Lipinski definition) is 4. The fraction of sp³-hybridized carbons (Fsp3) is 0.583. The molecule has 0 amide bonds. The van der Waals surface area contributed by atoms with Gasteiger partial charge < -0.3 is 10.6 Å². The van der Waals surface area contributed by atoms with Crippen LogP contribution in [-0.2, 0) is 6.54 Å². The summed E-state index contributed by atoms with van der Waals surface area (Å²) >= 11 is 1.85. The van der Waals surface area contributed by atoms with Crippen LogP contribution in [-0.4, -0.2) is 30.1 Å². The largest absolute Gasteiger partial charge is 0.356 e. The van der Waals surface area contributed by atoms with Gasteiger partial charge in [0.2, 0.25) is 0 Å². The molecule has 1 heterocycles. The lowest BCUT2D eigenvalue weighted by molar-refractivity contribution is 0.745. The molecule has 0 radical (unpaired) electrons. The second-order valence-corrected chi connectivity index (χ2v) is 4.96. The molecular formula is C12H21N3S. The second kappa shape index (κ2) is 6.11. The van der Waals surface area contributed by atoms with Crippen LogP contribution in [0.4, 0.5) is 5.82 Å². The van der Waals surface area contributed by atoms with E-state index >= 15 is 0 Å². The van der Waals surface area contributed by atoms with Crippen molar-refractivity contribution in [2.24, 2.45) is 5.73 Å². The van der Waals surface area contributed by atoms with E-state index in [9.17, 15) is 0 Å². The van der Waals surface area contributed by atoms with Gasteiger partial charge in [-0.15, -0.1) is 0 Å². The Labute approximate surface area is 102 Å². The fourth-order valence-corrected chi connectivity index (χ4v) is 2.40. The van der Waals surface area contributed by atoms with Crippen LogP contribution in [0.25, 0.3) is 0 Å². The van der Waals surface area contributed by atoms with Gasteiger partial charge in [0.15, 0.2) is 0 Å². The molecule has 0 saturated carbocycles. The standard InChI is InChI=1S/C12H21N3S/c1-9-5-6-14-12(11(9)7-13)15(3)10(2)8-16-4/h5-6,10H,7-8,13H2,1-4H3. The number of anilines is 1. The van der Waals surface area contributed by atoms with Crippen LogP contribution < -0.4 is 10.6 Å². The van der Waals surface area contributed by atoms with Crippen molar-refractivity contribution < 1.29 is 0 Å². The van der Waals surface area contributed by atoms with E-state index in [-0.39, 0.29) is 0 Å². The Morgan fingerprint density at radius 1 is 1.56 bits per heavy atom. The van der Waals surface area contributed by atoms with Gasteiger partial charge in [0.25, 0.3) is 0 Å². The molecule has 1 aromatic rings. The van der Waals surface area contributed by atoms with Crippen molar-refractivity contribution in [3.63, 3.8) is 0 Å². The monoisotopic (exact) mass is 239 g/mol. The summed E-state index contributed by atoms with van der Waals surface area (Å²) in [4.78, 5) is 6.66. The molecule has 90 valence electrons. The highest BCUT2D eigenvalue weighted by Crippen LogP contribution is 2.21. The third-order valence-corrected chi connectivity index (χ3v) is 3.69. The molecule has 0 aliphatic carbocycles. The zero-order valence-corrected chi connectivity index (χ0v) is 11.3. The van der Waals surface area contributed by atoms with Crippen molar-refractivity contribution >= 4 is 17.6 Å². The van der Waals surface area contributed by atoms with Crippen LogP contribution in [0, 0.1) is 6.92 Å². The predicted octanol–water partition coefficient (Wildman–Crippen LogP) is 2.04. The number of thioether (sulfide) groups is 1. The van der Waals surface area contributed by atoms with Gasteiger partial charge in [0.05, 0.1) is 0 Å². The maximum absolute atomic E-state index is 5.79. The fourth-order valence-electron chi connectivity index (χ4n) is 1.69. The van der Waals surface area contributed by atoms with Crippen molar-refractivity contribution in [3.05, 3.63) is 23.4 Å². The average molecular weight is 239 g/mol. The summed E-state index contributed by atoms with van der Waals surface area (Å²) in [7, 11) is 2.09. The highest BCUT2D eigenvalue weighted by atomic mass is 32.2. The number of aromatic nitrogens is 1. The average Bonchev–Trinajstić information content (AvgIpc) is 2.28. The molecule has 0 bridgehead atoms. The van der Waals surface area contributed by atoms with E-state index in [1.807, 2.05) is 24.0 Å². The summed E-state index contributed by atoms with van der Waals surface area (Å²) in [5.41, 5.74) is 8.16. The Balaban J connectivity index is 2.98. The summed E-state index contributed by atoms with van der Waals surface area (Å²) in [6.45, 7) is 4.84. The predicted molar refractivity (Wildman–Crippen MR) is 73.1 cm³/mol. The molecular weight excluding hydrogens is 218 g/mol. The highest BCUT2D eigenvalue weighted by molar-refractivity contribution is 7.98. The third-order valence-electron chi connectivity index (χ3n) is 2.87. The lowest BCUT2D eigenvalue weighted by Crippen LogP contribution is -2.32. The quantitative estimate of drug-likeness (QED) is 0.854. The molecule has 0 aliphatic rings. The Morgan fingerprint density at radius 3 is 2.81 bits per heavy atom. The van der Waals surface area contributed by atoms with Gasteiger partial charge >= 0.3 is 0 Å². The maximum atomic E-state index is 5.79. The van der Waals surface area contributed by atoms with E-state index in [1.165, 1.54) is 5.56 Å². The highest BCUT2D eigenvalue weighted by Gasteiger charge is 2.14. The van der Waals surface area contributed by atoms with Crippen molar-refractivity contribution in [2.45, 2.75) is 26.4 Å². The van der Waals surface area contributed by atoms with E-state index in [0.717, 1.165) is 17.1 Å². The molecule has 0 aliphatic heterocycles. The molecule has 0 saturated heterocycles. The van der Waals surface area contributed by atoms with E-state index in [0.29, 0.717) is 12.6 Å². The van der Waals surface area contributed by atoms with Crippen molar-refractivity contribution in [2.75, 3.05) is 24.0 Å². The summed E-state index contributed by atoms with van der Waals surface area (Å²) in [5, 5.41) is 0. The minimum Gasteiger partial charge on any atom is -0.356 e. The summed E-state index contributed by atoms with van der Waals surface area (Å²) in [6.07, 6.45) is 3.98. The molecule has 0 spiro atoms. The first-order valence-corrected chi connectivity index (χ1v) is 6.87. The molecule has 1 rings (SSSR count). The summed E-state index contributed by atoms with van der Waals surface area (Å²) < 4.78 is 0. The minimum atomic E-state index is 0.467. The molecule has 3 nitrogen and oxygen atoms in total. The number of nitrogens with zero attached hydrogens (tertiary/aromatic N) is 2. The van der Waals surface area contributed by atoms with E-state index < -0.39 is 0 Å². The van der Waals surface area contributed by atoms with Crippen molar-refractivity contribution in [1.82, 2.24) is 4.98 Å². The maximum Gasteiger partial charge on any atom is 0.133 e. The Kier molecular flexibility index (Phi) is 5.09. The Morgan fingerprint density at radius 2 is 2.25 bits per heavy atom. The summed E-state index contributed by atoms with van der Waals surface area (Å²) in [5.74, 6) is 2.11. The minimum absolute atomic E-state index is 0.467. The van der Waals surface area contributed by atoms with Gasteiger partial charge in [0.1, 0.15) is 5.82 Å². The van der Waals surface area contributed by atoms with Gasteiger partial charge in [-0.05, 0) is 31.7 Å². The molecule has 16 heavy (non-hydrogen) atoms. The molecule has 1 unspecified atom stereocenters. The Hall–Kier alpha value is -0.740. The zero-order chi connectivity index (χ0) is 12.1. The van der Waals surface area contributed by atoms with Gasteiger partial charge in [-0.1, -0.05) is 0 Å². The van der Waals surface area contributed by atoms with E-state index in [2.05, 4.69) is 37.0 Å². The number of rotatable bonds is 5. The lowest BCUT2D eigenvalue weighted by Gasteiger charge is -2.27. The zero-order valence-electron chi connectivity index (χ0n) is 10.5. The molecule has 2 N–H and O–H groups in total. The molecule has 1 atom stereocenters. The van der Waals surface area contributed by atoms with Crippen molar-refractivity contribution in [3.8, 4) is 0 Å². The van der Waals surface area contributed by atoms with Gasteiger partial charge in [-0.25, -0.2) is 4.98 Å². The topological polar surface area (TPSA) is 42.2 Å². The normalized spacial score (nSPS) is 12.6. The number of hydrogen-bond donors (Lipinski definition) is 1. The molecule has 4 heteroatoms. The first-order chi connectivity index (χ1) is 7.61. The van der Waals surface area contributed by atoms with Crippen LogP contribution in [0.3, 0.4) is 0 Å². The number of pyridine rings is 1. The van der Waals surface area contributed by atoms with Crippen LogP contribution in [0.1, 0.15) is 18.1 Å². The van der Waals surface area contributed by atoms with E-state index in [1.54, 1.807) is 0 Å². The SMILES string of the molecule is CSCC(C)N(C)c1nccc(C)c1CN. The van der Waals surface area contributed by atoms with E-state index in [4.69, 9.17) is 5.73 Å². The Bertz CT molecular complexity index is 341. The first-order valence-electron chi connectivity index (χ1n) is 5.48. The van der Waals surface area contributed by atoms with Gasteiger partial charge in [0, 0.05) is 37.1 Å². The second-order valence-electron chi connectivity index (χ2n) is 4.05. The number of aryl methyl sites for hydroxylation is 1. The van der Waals surface area contributed by atoms with Gasteiger partial charge in [-0.3, -0.25) is 0 Å². The van der Waals surface area contributed by atoms with Crippen LogP contribution >= 0.6 is 11.8 Å². The smallest absolute Gasteiger partial charge is 0.133 e. The molecule has 0 fully saturated rings. The molecule has 0 aromatic carbocycles. The van der Waals surface area contributed by atoms with Crippen LogP contribution in [0.5, 0.6) is 0 Å². The molecule has 1 aromatic heterocycles. The lowest BCUT2D eigenvalue weighted by atomic mass is 10.1. The first kappa shape index (κ1) is 13.3. The number of nitrogens with two attached hydrogens (primary N) is 1. The summed E-state index contributed by atoms with van der Waals surface area (Å²) in [6, 6.07) is 2.48. The van der Waals surface area contributed by atoms with Crippen LogP contribution in [0.2, 0.25) is 0 Å². The van der Waals surface area contributed by atoms with Crippen LogP contribution in [0.15, 0.2) is 12.3 Å². The van der Waals surface area contributed by atoms with Gasteiger partial charge in [-0.2, -0.15) is 11.8 Å². The third kappa shape index (κ3) is 2.89.